The highest BCUT2D eigenvalue weighted by Crippen LogP contribution is 2.35. The van der Waals surface area contributed by atoms with Gasteiger partial charge < -0.3 is 19.4 Å². The van der Waals surface area contributed by atoms with Crippen molar-refractivity contribution in [2.24, 2.45) is 0 Å². The summed E-state index contributed by atoms with van der Waals surface area (Å²) in [6.07, 6.45) is -2.96. The van der Waals surface area contributed by atoms with Crippen LogP contribution in [-0.2, 0) is 4.74 Å². The van der Waals surface area contributed by atoms with Crippen molar-refractivity contribution < 1.29 is 22.6 Å². The first-order valence-electron chi connectivity index (χ1n) is 9.44. The van der Waals surface area contributed by atoms with Crippen molar-refractivity contribution in [3.05, 3.63) is 42.5 Å². The van der Waals surface area contributed by atoms with Gasteiger partial charge in [-0.25, -0.2) is 9.97 Å². The third-order valence-electron chi connectivity index (χ3n) is 4.96. The van der Waals surface area contributed by atoms with Crippen LogP contribution in [0, 0.1) is 0 Å². The summed E-state index contributed by atoms with van der Waals surface area (Å²) in [4.78, 5) is 9.22. The molecule has 1 fully saturated rings. The summed E-state index contributed by atoms with van der Waals surface area (Å²) in [5.41, 5.74) is 2.48. The first-order valence-corrected chi connectivity index (χ1v) is 10.3. The van der Waals surface area contributed by atoms with E-state index < -0.39 is 6.36 Å². The molecule has 156 valence electrons. The van der Waals surface area contributed by atoms with Crippen LogP contribution in [-0.4, -0.2) is 34.1 Å². The minimum Gasteiger partial charge on any atom is -0.406 e. The standard InChI is InChI=1S/C20H17F3N4O2S/c21-20(22,23)29-13-5-6-15-17(11-13)30-19(25-15)26-18-24-14-3-1-2-4-16(14)27(18)12-7-9-28-10-8-12/h1-6,11-12H,7-10H2,(H,24,25,26). The summed E-state index contributed by atoms with van der Waals surface area (Å²) in [6.45, 7) is 1.39. The highest BCUT2D eigenvalue weighted by Gasteiger charge is 2.31. The summed E-state index contributed by atoms with van der Waals surface area (Å²) in [6, 6.07) is 12.3. The van der Waals surface area contributed by atoms with E-state index in [1.807, 2.05) is 24.3 Å². The zero-order chi connectivity index (χ0) is 20.7. The molecule has 1 saturated heterocycles. The molecule has 10 heteroatoms. The molecule has 2 aromatic carbocycles. The topological polar surface area (TPSA) is 61.2 Å². The van der Waals surface area contributed by atoms with Gasteiger partial charge in [-0.1, -0.05) is 23.5 Å². The van der Waals surface area contributed by atoms with Crippen LogP contribution >= 0.6 is 11.3 Å². The molecule has 5 rings (SSSR count). The highest BCUT2D eigenvalue weighted by molar-refractivity contribution is 7.22. The van der Waals surface area contributed by atoms with Gasteiger partial charge >= 0.3 is 6.36 Å². The summed E-state index contributed by atoms with van der Waals surface area (Å²) < 4.78 is 49.7. The number of hydrogen-bond acceptors (Lipinski definition) is 6. The molecule has 6 nitrogen and oxygen atoms in total. The van der Waals surface area contributed by atoms with Gasteiger partial charge in [-0.2, -0.15) is 0 Å². The number of para-hydroxylation sites is 2. The fraction of sp³-hybridized carbons (Fsp3) is 0.300. The number of nitrogens with one attached hydrogen (secondary N) is 1. The SMILES string of the molecule is FC(F)(F)Oc1ccc2nc(Nc3nc4ccccc4n3C3CCOCC3)sc2c1. The summed E-state index contributed by atoms with van der Waals surface area (Å²) in [7, 11) is 0. The number of imidazole rings is 1. The highest BCUT2D eigenvalue weighted by atomic mass is 32.1. The number of benzene rings is 2. The Balaban J connectivity index is 1.50. The second-order valence-corrected chi connectivity index (χ2v) is 7.99. The Morgan fingerprint density at radius 2 is 1.87 bits per heavy atom. The number of fused-ring (bicyclic) bond motifs is 2. The van der Waals surface area contributed by atoms with Crippen molar-refractivity contribution in [2.75, 3.05) is 18.5 Å². The predicted octanol–water partition coefficient (Wildman–Crippen LogP) is 5.64. The van der Waals surface area contributed by atoms with Crippen LogP contribution in [0.15, 0.2) is 42.5 Å². The predicted molar refractivity (Wildman–Crippen MR) is 108 cm³/mol. The van der Waals surface area contributed by atoms with E-state index >= 15 is 0 Å². The molecule has 1 N–H and O–H groups in total. The van der Waals surface area contributed by atoms with Gasteiger partial charge in [0.1, 0.15) is 5.75 Å². The number of ether oxygens (including phenoxy) is 2. The molecule has 0 saturated carbocycles. The fourth-order valence-corrected chi connectivity index (χ4v) is 4.58. The molecule has 0 spiro atoms. The minimum atomic E-state index is -4.73. The molecular weight excluding hydrogens is 417 g/mol. The maximum Gasteiger partial charge on any atom is 0.573 e. The van der Waals surface area contributed by atoms with Gasteiger partial charge in [0, 0.05) is 25.3 Å². The zero-order valence-electron chi connectivity index (χ0n) is 15.6. The van der Waals surface area contributed by atoms with Crippen molar-refractivity contribution in [1.29, 1.82) is 0 Å². The van der Waals surface area contributed by atoms with Crippen LogP contribution in [0.2, 0.25) is 0 Å². The number of alkyl halides is 3. The summed E-state index contributed by atoms with van der Waals surface area (Å²) in [5, 5.41) is 3.83. The largest absolute Gasteiger partial charge is 0.573 e. The van der Waals surface area contributed by atoms with Gasteiger partial charge in [-0.3, -0.25) is 0 Å². The number of thiazole rings is 1. The van der Waals surface area contributed by atoms with Crippen molar-refractivity contribution in [3.8, 4) is 5.75 Å². The summed E-state index contributed by atoms with van der Waals surface area (Å²) >= 11 is 1.25. The van der Waals surface area contributed by atoms with Gasteiger partial charge in [-0.15, -0.1) is 13.2 Å². The number of halogens is 3. The lowest BCUT2D eigenvalue weighted by Crippen LogP contribution is -2.20. The van der Waals surface area contributed by atoms with Gasteiger partial charge in [0.2, 0.25) is 5.95 Å². The van der Waals surface area contributed by atoms with E-state index in [9.17, 15) is 13.2 Å². The monoisotopic (exact) mass is 434 g/mol. The van der Waals surface area contributed by atoms with Crippen LogP contribution in [0.25, 0.3) is 21.3 Å². The molecule has 0 bridgehead atoms. The Labute approximate surface area is 173 Å². The first-order chi connectivity index (χ1) is 14.5. The average molecular weight is 434 g/mol. The van der Waals surface area contributed by atoms with Crippen LogP contribution in [0.3, 0.4) is 0 Å². The molecule has 1 aliphatic heterocycles. The number of anilines is 2. The molecule has 2 aromatic heterocycles. The smallest absolute Gasteiger partial charge is 0.406 e. The molecule has 4 aromatic rings. The van der Waals surface area contributed by atoms with Gasteiger partial charge in [-0.05, 0) is 37.1 Å². The third-order valence-corrected chi connectivity index (χ3v) is 5.90. The van der Waals surface area contributed by atoms with Crippen molar-refractivity contribution in [3.63, 3.8) is 0 Å². The molecule has 1 aliphatic rings. The number of rotatable bonds is 4. The lowest BCUT2D eigenvalue weighted by atomic mass is 10.1. The number of aromatic nitrogens is 3. The Morgan fingerprint density at radius 3 is 2.67 bits per heavy atom. The normalized spacial score (nSPS) is 15.7. The van der Waals surface area contributed by atoms with Gasteiger partial charge in [0.15, 0.2) is 5.13 Å². The molecular formula is C20H17F3N4O2S. The van der Waals surface area contributed by atoms with E-state index in [0.717, 1.165) is 23.9 Å². The van der Waals surface area contributed by atoms with E-state index in [1.54, 1.807) is 0 Å². The zero-order valence-corrected chi connectivity index (χ0v) is 16.5. The fourth-order valence-electron chi connectivity index (χ4n) is 3.70. The van der Waals surface area contributed by atoms with Crippen molar-refractivity contribution >= 4 is 43.7 Å². The number of nitrogens with zero attached hydrogens (tertiary/aromatic N) is 3. The Morgan fingerprint density at radius 1 is 1.07 bits per heavy atom. The van der Waals surface area contributed by atoms with Crippen LogP contribution in [0.5, 0.6) is 5.75 Å². The lowest BCUT2D eigenvalue weighted by Gasteiger charge is -2.25. The van der Waals surface area contributed by atoms with E-state index in [0.29, 0.717) is 34.5 Å². The first kappa shape index (κ1) is 19.1. The van der Waals surface area contributed by atoms with E-state index in [-0.39, 0.29) is 11.8 Å². The molecule has 0 amide bonds. The lowest BCUT2D eigenvalue weighted by molar-refractivity contribution is -0.274. The van der Waals surface area contributed by atoms with E-state index in [2.05, 4.69) is 19.6 Å². The van der Waals surface area contributed by atoms with Crippen molar-refractivity contribution in [2.45, 2.75) is 25.2 Å². The maximum atomic E-state index is 12.5. The second-order valence-electron chi connectivity index (χ2n) is 6.96. The van der Waals surface area contributed by atoms with Crippen LogP contribution in [0.1, 0.15) is 18.9 Å². The Kier molecular flexibility index (Phi) is 4.75. The maximum absolute atomic E-state index is 12.5. The minimum absolute atomic E-state index is 0.245. The van der Waals surface area contributed by atoms with Crippen molar-refractivity contribution in [1.82, 2.24) is 14.5 Å². The third kappa shape index (κ3) is 3.80. The molecule has 0 aliphatic carbocycles. The van der Waals surface area contributed by atoms with Crippen LogP contribution in [0.4, 0.5) is 24.3 Å². The Bertz CT molecular complexity index is 1200. The van der Waals surface area contributed by atoms with E-state index in [4.69, 9.17) is 9.72 Å². The molecule has 0 unspecified atom stereocenters. The molecule has 0 radical (unpaired) electrons. The Hall–Kier alpha value is -2.85. The van der Waals surface area contributed by atoms with Crippen LogP contribution < -0.4 is 10.1 Å². The van der Waals surface area contributed by atoms with Gasteiger partial charge in [0.25, 0.3) is 0 Å². The molecule has 0 atom stereocenters. The average Bonchev–Trinajstić information content (AvgIpc) is 3.27. The van der Waals surface area contributed by atoms with Gasteiger partial charge in [0.05, 0.1) is 21.3 Å². The number of hydrogen-bond donors (Lipinski definition) is 1. The summed E-state index contributed by atoms with van der Waals surface area (Å²) in [5.74, 6) is 0.397. The van der Waals surface area contributed by atoms with E-state index in [1.165, 1.54) is 29.5 Å². The quantitative estimate of drug-likeness (QED) is 0.450. The second kappa shape index (κ2) is 7.44. The molecule has 3 heterocycles. The molecule has 30 heavy (non-hydrogen) atoms.